The first-order valence-electron chi connectivity index (χ1n) is 5.39. The normalized spacial score (nSPS) is 12.1. The van der Waals surface area contributed by atoms with Gasteiger partial charge in [0, 0.05) is 6.92 Å². The molecule has 0 aliphatic carbocycles. The molecule has 0 spiro atoms. The van der Waals surface area contributed by atoms with E-state index in [1.165, 1.54) is 0 Å². The summed E-state index contributed by atoms with van der Waals surface area (Å²) in [5.74, 6) is -2.25. The number of benzene rings is 1. The van der Waals surface area contributed by atoms with Gasteiger partial charge in [0.2, 0.25) is 0 Å². The van der Waals surface area contributed by atoms with Crippen molar-refractivity contribution < 1.29 is 40.7 Å². The van der Waals surface area contributed by atoms with Crippen molar-refractivity contribution in [3.8, 4) is 0 Å². The van der Waals surface area contributed by atoms with Crippen molar-refractivity contribution in [2.45, 2.75) is 25.7 Å². The summed E-state index contributed by atoms with van der Waals surface area (Å²) in [5, 5.41) is 0. The lowest BCUT2D eigenvalue weighted by atomic mass is 10.0. The van der Waals surface area contributed by atoms with Crippen molar-refractivity contribution in [2.24, 2.45) is 0 Å². The monoisotopic (exact) mass is 314 g/mol. The van der Waals surface area contributed by atoms with E-state index in [1.54, 1.807) is 0 Å². The molecule has 1 aromatic rings. The highest BCUT2D eigenvalue weighted by Crippen LogP contribution is 2.36. The summed E-state index contributed by atoms with van der Waals surface area (Å²) in [6.07, 6.45) is -10.9. The minimum atomic E-state index is -5.00. The lowest BCUT2D eigenvalue weighted by molar-refractivity contribution is -0.157. The average Bonchev–Trinajstić information content (AvgIpc) is 2.24. The molecular formula is C12H8F6O3. The fourth-order valence-corrected chi connectivity index (χ4v) is 1.48. The van der Waals surface area contributed by atoms with Crippen molar-refractivity contribution in [1.82, 2.24) is 0 Å². The molecule has 0 amide bonds. The fraction of sp³-hybridized carbons (Fsp3) is 0.333. The first-order chi connectivity index (χ1) is 9.39. The highest BCUT2D eigenvalue weighted by atomic mass is 19.4. The summed E-state index contributed by atoms with van der Waals surface area (Å²) in [5.41, 5.74) is -3.63. The average molecular weight is 314 g/mol. The van der Waals surface area contributed by atoms with Gasteiger partial charge in [-0.3, -0.25) is 9.59 Å². The van der Waals surface area contributed by atoms with Crippen LogP contribution in [0.3, 0.4) is 0 Å². The van der Waals surface area contributed by atoms with E-state index in [2.05, 4.69) is 4.74 Å². The van der Waals surface area contributed by atoms with Crippen molar-refractivity contribution in [3.05, 3.63) is 34.9 Å². The lowest BCUT2D eigenvalue weighted by Crippen LogP contribution is -2.15. The van der Waals surface area contributed by atoms with E-state index in [0.717, 1.165) is 6.92 Å². The number of carbonyl (C=O) groups is 2. The SMILES string of the molecule is CC(=O)OC(=O)Cc1cc(C(F)(F)F)cc(C(F)(F)F)c1. The fourth-order valence-electron chi connectivity index (χ4n) is 1.48. The number of halogens is 6. The van der Waals surface area contributed by atoms with Crippen molar-refractivity contribution in [1.29, 1.82) is 0 Å². The maximum atomic E-state index is 12.5. The molecule has 1 aromatic carbocycles. The van der Waals surface area contributed by atoms with Crippen molar-refractivity contribution in [3.63, 3.8) is 0 Å². The number of hydrogen-bond donors (Lipinski definition) is 0. The quantitative estimate of drug-likeness (QED) is 0.478. The van der Waals surface area contributed by atoms with E-state index in [4.69, 9.17) is 0 Å². The minimum absolute atomic E-state index is 0.0557. The highest BCUT2D eigenvalue weighted by molar-refractivity contribution is 5.85. The summed E-state index contributed by atoms with van der Waals surface area (Å²) < 4.78 is 79.3. The largest absolute Gasteiger partial charge is 0.416 e. The molecule has 3 nitrogen and oxygen atoms in total. The maximum absolute atomic E-state index is 12.5. The smallest absolute Gasteiger partial charge is 0.393 e. The van der Waals surface area contributed by atoms with Crippen LogP contribution in [-0.4, -0.2) is 11.9 Å². The summed E-state index contributed by atoms with van der Waals surface area (Å²) in [4.78, 5) is 21.6. The Balaban J connectivity index is 3.20. The summed E-state index contributed by atoms with van der Waals surface area (Å²) in [7, 11) is 0. The number of rotatable bonds is 2. The van der Waals surface area contributed by atoms with Gasteiger partial charge in [0.25, 0.3) is 0 Å². The van der Waals surface area contributed by atoms with Gasteiger partial charge in [-0.2, -0.15) is 26.3 Å². The molecule has 0 fully saturated rings. The Morgan fingerprint density at radius 2 is 1.38 bits per heavy atom. The number of hydrogen-bond acceptors (Lipinski definition) is 3. The van der Waals surface area contributed by atoms with Crippen molar-refractivity contribution >= 4 is 11.9 Å². The van der Waals surface area contributed by atoms with Crippen LogP contribution >= 0.6 is 0 Å². The first-order valence-corrected chi connectivity index (χ1v) is 5.39. The molecule has 116 valence electrons. The van der Waals surface area contributed by atoms with Gasteiger partial charge in [0.1, 0.15) is 0 Å². The Hall–Kier alpha value is -2.06. The van der Waals surface area contributed by atoms with Crippen LogP contribution in [0.5, 0.6) is 0 Å². The number of esters is 2. The number of ether oxygens (including phenoxy) is 1. The van der Waals surface area contributed by atoms with E-state index < -0.39 is 47.4 Å². The standard InChI is InChI=1S/C12H8F6O3/c1-6(19)21-10(20)4-7-2-8(11(13,14)15)5-9(3-7)12(16,17)18/h2-3,5H,4H2,1H3. The minimum Gasteiger partial charge on any atom is -0.393 e. The molecular weight excluding hydrogens is 306 g/mol. The predicted octanol–water partition coefficient (Wildman–Crippen LogP) is 3.36. The predicted molar refractivity (Wildman–Crippen MR) is 56.9 cm³/mol. The van der Waals surface area contributed by atoms with Gasteiger partial charge in [-0.25, -0.2) is 0 Å². The van der Waals surface area contributed by atoms with Crippen LogP contribution in [0.4, 0.5) is 26.3 Å². The van der Waals surface area contributed by atoms with Gasteiger partial charge in [0.15, 0.2) is 0 Å². The summed E-state index contributed by atoms with van der Waals surface area (Å²) in [6.45, 7) is 0.880. The zero-order valence-electron chi connectivity index (χ0n) is 10.4. The molecule has 1 rings (SSSR count). The second-order valence-corrected chi connectivity index (χ2v) is 4.06. The van der Waals surface area contributed by atoms with Crippen LogP contribution in [0, 0.1) is 0 Å². The Bertz CT molecular complexity index is 527. The maximum Gasteiger partial charge on any atom is 0.416 e. The summed E-state index contributed by atoms with van der Waals surface area (Å²) >= 11 is 0. The van der Waals surface area contributed by atoms with Crippen LogP contribution in [0.25, 0.3) is 0 Å². The van der Waals surface area contributed by atoms with Gasteiger partial charge in [-0.1, -0.05) is 0 Å². The van der Waals surface area contributed by atoms with Gasteiger partial charge >= 0.3 is 24.3 Å². The van der Waals surface area contributed by atoms with Crippen LogP contribution in [-0.2, 0) is 33.1 Å². The van der Waals surface area contributed by atoms with E-state index in [0.29, 0.717) is 12.1 Å². The Labute approximate surface area is 114 Å². The molecule has 0 bridgehead atoms. The van der Waals surface area contributed by atoms with E-state index in [-0.39, 0.29) is 6.07 Å². The van der Waals surface area contributed by atoms with E-state index >= 15 is 0 Å². The molecule has 0 saturated carbocycles. The van der Waals surface area contributed by atoms with Crippen LogP contribution in [0.2, 0.25) is 0 Å². The molecule has 0 aliphatic rings. The van der Waals surface area contributed by atoms with Crippen LogP contribution in [0.15, 0.2) is 18.2 Å². The first kappa shape index (κ1) is 17.0. The number of carbonyl (C=O) groups excluding carboxylic acids is 2. The highest BCUT2D eigenvalue weighted by Gasteiger charge is 2.37. The third-order valence-electron chi connectivity index (χ3n) is 2.25. The third kappa shape index (κ3) is 5.09. The Morgan fingerprint density at radius 1 is 0.952 bits per heavy atom. The molecule has 0 atom stereocenters. The molecule has 0 N–H and O–H groups in total. The molecule has 0 saturated heterocycles. The molecule has 0 aliphatic heterocycles. The Kier molecular flexibility index (Phi) is 4.65. The lowest BCUT2D eigenvalue weighted by Gasteiger charge is -2.13. The zero-order chi connectivity index (χ0) is 16.4. The molecule has 0 heterocycles. The van der Waals surface area contributed by atoms with Gasteiger partial charge in [-0.15, -0.1) is 0 Å². The Morgan fingerprint density at radius 3 is 1.71 bits per heavy atom. The van der Waals surface area contributed by atoms with Crippen molar-refractivity contribution in [2.75, 3.05) is 0 Å². The molecule has 0 aromatic heterocycles. The second-order valence-electron chi connectivity index (χ2n) is 4.06. The van der Waals surface area contributed by atoms with Crippen LogP contribution < -0.4 is 0 Å². The topological polar surface area (TPSA) is 43.4 Å². The third-order valence-corrected chi connectivity index (χ3v) is 2.25. The summed E-state index contributed by atoms with van der Waals surface area (Å²) in [6, 6.07) is 0.743. The van der Waals surface area contributed by atoms with Gasteiger partial charge in [-0.05, 0) is 23.8 Å². The van der Waals surface area contributed by atoms with Gasteiger partial charge in [0.05, 0.1) is 17.5 Å². The zero-order valence-corrected chi connectivity index (χ0v) is 10.4. The molecule has 9 heteroatoms. The van der Waals surface area contributed by atoms with E-state index in [9.17, 15) is 35.9 Å². The van der Waals surface area contributed by atoms with Gasteiger partial charge < -0.3 is 4.74 Å². The molecule has 0 unspecified atom stereocenters. The van der Waals surface area contributed by atoms with Crippen LogP contribution in [0.1, 0.15) is 23.6 Å². The molecule has 0 radical (unpaired) electrons. The number of alkyl halides is 6. The van der Waals surface area contributed by atoms with E-state index in [1.807, 2.05) is 0 Å². The molecule has 21 heavy (non-hydrogen) atoms. The second kappa shape index (κ2) is 5.74.